The van der Waals surface area contributed by atoms with Gasteiger partial charge in [-0.2, -0.15) is 13.2 Å². The Balaban J connectivity index is 2.07. The van der Waals surface area contributed by atoms with Crippen molar-refractivity contribution in [3.05, 3.63) is 53.7 Å². The fourth-order valence-electron chi connectivity index (χ4n) is 2.19. The molecule has 160 valence electrons. The molecular formula is C21H28F3NO2SSi. The molecular weight excluding hydrogens is 415 g/mol. The Morgan fingerprint density at radius 1 is 1.03 bits per heavy atom. The van der Waals surface area contributed by atoms with Gasteiger partial charge in [-0.25, -0.2) is 4.98 Å². The lowest BCUT2D eigenvalue weighted by atomic mass is 10.2. The van der Waals surface area contributed by atoms with Gasteiger partial charge in [0.15, 0.2) is 8.32 Å². The van der Waals surface area contributed by atoms with Gasteiger partial charge < -0.3 is 9.16 Å². The first-order valence-corrected chi connectivity index (χ1v) is 13.3. The molecule has 0 saturated carbocycles. The minimum Gasteiger partial charge on any atom is -0.474 e. The molecule has 0 atom stereocenters. The van der Waals surface area contributed by atoms with Crippen LogP contribution in [0.2, 0.25) is 18.1 Å². The molecule has 1 aromatic carbocycles. The normalized spacial score (nSPS) is 12.8. The van der Waals surface area contributed by atoms with Crippen LogP contribution in [0.15, 0.2) is 47.5 Å². The Morgan fingerprint density at radius 3 is 2.28 bits per heavy atom. The number of thioether (sulfide) groups is 1. The van der Waals surface area contributed by atoms with Crippen LogP contribution < -0.4 is 4.74 Å². The highest BCUT2D eigenvalue weighted by molar-refractivity contribution is 7.98. The van der Waals surface area contributed by atoms with Gasteiger partial charge >= 0.3 is 6.18 Å². The molecule has 8 heteroatoms. The van der Waals surface area contributed by atoms with Crippen LogP contribution in [0.25, 0.3) is 0 Å². The van der Waals surface area contributed by atoms with E-state index in [-0.39, 0.29) is 17.5 Å². The third kappa shape index (κ3) is 7.04. The van der Waals surface area contributed by atoms with Gasteiger partial charge in [0.2, 0.25) is 5.88 Å². The van der Waals surface area contributed by atoms with Crippen LogP contribution in [-0.4, -0.2) is 26.5 Å². The van der Waals surface area contributed by atoms with Crippen LogP contribution in [-0.2, 0) is 16.4 Å². The summed E-state index contributed by atoms with van der Waals surface area (Å²) in [6.07, 6.45) is -3.63. The van der Waals surface area contributed by atoms with E-state index in [9.17, 15) is 13.2 Å². The van der Waals surface area contributed by atoms with E-state index in [0.29, 0.717) is 17.3 Å². The second-order valence-corrected chi connectivity index (χ2v) is 14.1. The van der Waals surface area contributed by atoms with Gasteiger partial charge in [0.05, 0.1) is 17.1 Å². The van der Waals surface area contributed by atoms with Crippen molar-refractivity contribution in [3.8, 4) is 5.88 Å². The highest BCUT2D eigenvalue weighted by Gasteiger charge is 2.37. The van der Waals surface area contributed by atoms with Crippen molar-refractivity contribution in [2.24, 2.45) is 0 Å². The Morgan fingerprint density at radius 2 is 1.69 bits per heavy atom. The Kier molecular flexibility index (Phi) is 7.81. The van der Waals surface area contributed by atoms with E-state index in [1.165, 1.54) is 11.8 Å². The summed E-state index contributed by atoms with van der Waals surface area (Å²) in [6, 6.07) is 10.7. The second-order valence-electron chi connectivity index (χ2n) is 8.26. The summed E-state index contributed by atoms with van der Waals surface area (Å²) in [5, 5.41) is 0.0797. The highest BCUT2D eigenvalue weighted by Crippen LogP contribution is 2.38. The van der Waals surface area contributed by atoms with Gasteiger partial charge in [-0.05, 0) is 29.8 Å². The lowest BCUT2D eigenvalue weighted by Gasteiger charge is -2.36. The number of ether oxygens (including phenoxy) is 1. The first-order valence-electron chi connectivity index (χ1n) is 9.41. The maximum Gasteiger partial charge on any atom is 0.417 e. The Hall–Kier alpha value is -1.51. The minimum atomic E-state index is -4.45. The molecule has 1 heterocycles. The van der Waals surface area contributed by atoms with Crippen molar-refractivity contribution in [1.82, 2.24) is 4.98 Å². The van der Waals surface area contributed by atoms with E-state index in [1.807, 2.05) is 30.3 Å². The first-order chi connectivity index (χ1) is 13.4. The summed E-state index contributed by atoms with van der Waals surface area (Å²) < 4.78 is 51.1. The quantitative estimate of drug-likeness (QED) is 0.255. The number of halogens is 3. The number of rotatable bonds is 8. The van der Waals surface area contributed by atoms with Crippen LogP contribution in [0, 0.1) is 0 Å². The molecule has 0 spiro atoms. The van der Waals surface area contributed by atoms with Gasteiger partial charge in [-0.3, -0.25) is 0 Å². The third-order valence-corrected chi connectivity index (χ3v) is 10.6. The SMILES string of the molecule is CC(C)(C)[Si](C)(C)OCCOc1ncc(C(F)(F)F)cc1SCc1ccccc1. The Labute approximate surface area is 176 Å². The minimum absolute atomic E-state index is 0.0797. The number of aromatic nitrogens is 1. The van der Waals surface area contributed by atoms with E-state index in [0.717, 1.165) is 17.8 Å². The van der Waals surface area contributed by atoms with E-state index in [1.54, 1.807) is 0 Å². The summed E-state index contributed by atoms with van der Waals surface area (Å²) in [7, 11) is -1.90. The van der Waals surface area contributed by atoms with Crippen LogP contribution in [0.5, 0.6) is 5.88 Å². The van der Waals surface area contributed by atoms with Gasteiger partial charge in [-0.15, -0.1) is 11.8 Å². The number of pyridine rings is 1. The molecule has 0 unspecified atom stereocenters. The molecule has 2 aromatic rings. The number of benzene rings is 1. The second kappa shape index (κ2) is 9.53. The lowest BCUT2D eigenvalue weighted by molar-refractivity contribution is -0.138. The Bertz CT molecular complexity index is 793. The van der Waals surface area contributed by atoms with Gasteiger partial charge in [-0.1, -0.05) is 51.1 Å². The zero-order chi connectivity index (χ0) is 21.7. The maximum absolute atomic E-state index is 13.1. The van der Waals surface area contributed by atoms with Crippen molar-refractivity contribution >= 4 is 20.1 Å². The van der Waals surface area contributed by atoms with E-state index in [4.69, 9.17) is 9.16 Å². The summed E-state index contributed by atoms with van der Waals surface area (Å²) >= 11 is 1.28. The van der Waals surface area contributed by atoms with E-state index >= 15 is 0 Å². The fourth-order valence-corrected chi connectivity index (χ4v) is 4.17. The molecule has 0 radical (unpaired) electrons. The topological polar surface area (TPSA) is 31.4 Å². The third-order valence-electron chi connectivity index (χ3n) is 4.97. The summed E-state index contributed by atoms with van der Waals surface area (Å²) in [5.74, 6) is 0.735. The maximum atomic E-state index is 13.1. The van der Waals surface area contributed by atoms with Crippen LogP contribution >= 0.6 is 11.8 Å². The molecule has 0 saturated heterocycles. The van der Waals surface area contributed by atoms with Crippen LogP contribution in [0.1, 0.15) is 31.9 Å². The fraction of sp³-hybridized carbons (Fsp3) is 0.476. The van der Waals surface area contributed by atoms with Crippen molar-refractivity contribution in [1.29, 1.82) is 0 Å². The number of hydrogen-bond donors (Lipinski definition) is 0. The van der Waals surface area contributed by atoms with E-state index < -0.39 is 20.1 Å². The van der Waals surface area contributed by atoms with Crippen molar-refractivity contribution in [2.75, 3.05) is 13.2 Å². The monoisotopic (exact) mass is 443 g/mol. The van der Waals surface area contributed by atoms with Crippen LogP contribution in [0.4, 0.5) is 13.2 Å². The molecule has 0 aliphatic heterocycles. The number of alkyl halides is 3. The number of hydrogen-bond acceptors (Lipinski definition) is 4. The molecule has 2 rings (SSSR count). The van der Waals surface area contributed by atoms with Crippen molar-refractivity contribution < 1.29 is 22.3 Å². The molecule has 0 fully saturated rings. The van der Waals surface area contributed by atoms with Crippen LogP contribution in [0.3, 0.4) is 0 Å². The van der Waals surface area contributed by atoms with Crippen molar-refractivity contribution in [3.63, 3.8) is 0 Å². The average molecular weight is 444 g/mol. The smallest absolute Gasteiger partial charge is 0.417 e. The molecule has 3 nitrogen and oxygen atoms in total. The molecule has 0 N–H and O–H groups in total. The van der Waals surface area contributed by atoms with E-state index in [2.05, 4.69) is 38.8 Å². The molecule has 0 aliphatic carbocycles. The van der Waals surface area contributed by atoms with Gasteiger partial charge in [0.25, 0.3) is 0 Å². The summed E-state index contributed by atoms with van der Waals surface area (Å²) in [4.78, 5) is 4.30. The molecule has 0 amide bonds. The first kappa shape index (κ1) is 23.8. The zero-order valence-corrected chi connectivity index (χ0v) is 19.3. The lowest BCUT2D eigenvalue weighted by Crippen LogP contribution is -2.41. The summed E-state index contributed by atoms with van der Waals surface area (Å²) in [6.45, 7) is 11.3. The molecule has 1 aromatic heterocycles. The molecule has 0 bridgehead atoms. The van der Waals surface area contributed by atoms with Gasteiger partial charge in [0.1, 0.15) is 6.61 Å². The van der Waals surface area contributed by atoms with Crippen molar-refractivity contribution in [2.45, 2.75) is 55.7 Å². The highest BCUT2D eigenvalue weighted by atomic mass is 32.2. The molecule has 29 heavy (non-hydrogen) atoms. The zero-order valence-electron chi connectivity index (χ0n) is 17.5. The predicted molar refractivity (Wildman–Crippen MR) is 114 cm³/mol. The molecule has 0 aliphatic rings. The predicted octanol–water partition coefficient (Wildman–Crippen LogP) is 6.79. The summed E-state index contributed by atoms with van der Waals surface area (Å²) in [5.41, 5.74) is 0.236. The van der Waals surface area contributed by atoms with Gasteiger partial charge in [0, 0.05) is 11.9 Å². The largest absolute Gasteiger partial charge is 0.474 e. The standard InChI is InChI=1S/C21H28F3NO2SSi/c1-20(2,3)29(4,5)27-12-11-26-19-18(13-17(14-25-19)21(22,23)24)28-15-16-9-7-6-8-10-16/h6-10,13-14H,11-12,15H2,1-5H3. The number of nitrogens with zero attached hydrogens (tertiary/aromatic N) is 1. The average Bonchev–Trinajstić information content (AvgIpc) is 2.63.